The number of carbonyl (C=O) groups excluding carboxylic acids is 2. The fraction of sp³-hybridized carbons (Fsp3) is 0.722. The molecule has 144 valence electrons. The summed E-state index contributed by atoms with van der Waals surface area (Å²) in [5.41, 5.74) is 0. The third-order valence-electron chi connectivity index (χ3n) is 5.29. The van der Waals surface area contributed by atoms with E-state index in [4.69, 9.17) is 4.74 Å². The van der Waals surface area contributed by atoms with Gasteiger partial charge < -0.3 is 19.9 Å². The van der Waals surface area contributed by atoms with E-state index >= 15 is 0 Å². The van der Waals surface area contributed by atoms with E-state index in [0.717, 1.165) is 38.9 Å². The van der Waals surface area contributed by atoms with Crippen LogP contribution in [0, 0.1) is 5.92 Å². The zero-order valence-electron chi connectivity index (χ0n) is 15.5. The predicted molar refractivity (Wildman–Crippen MR) is 96.5 cm³/mol. The molecule has 2 aliphatic heterocycles. The number of likely N-dealkylation sites (tertiary alicyclic amines) is 1. The monoisotopic (exact) mass is 363 g/mol. The molecule has 0 spiro atoms. The molecular formula is C18H29N5O3. The van der Waals surface area contributed by atoms with Crippen molar-refractivity contribution in [2.24, 2.45) is 5.92 Å². The van der Waals surface area contributed by atoms with E-state index < -0.39 is 0 Å². The van der Waals surface area contributed by atoms with Crippen molar-refractivity contribution in [2.45, 2.75) is 38.8 Å². The number of hydrogen-bond donors (Lipinski definition) is 1. The number of rotatable bonds is 5. The van der Waals surface area contributed by atoms with E-state index in [1.165, 1.54) is 0 Å². The number of piperidine rings is 1. The van der Waals surface area contributed by atoms with Crippen LogP contribution < -0.4 is 5.32 Å². The van der Waals surface area contributed by atoms with Crippen molar-refractivity contribution < 1.29 is 14.3 Å². The number of amides is 3. The summed E-state index contributed by atoms with van der Waals surface area (Å²) < 4.78 is 7.61. The van der Waals surface area contributed by atoms with E-state index in [0.29, 0.717) is 32.2 Å². The number of aromatic nitrogens is 2. The molecule has 0 radical (unpaired) electrons. The van der Waals surface area contributed by atoms with Crippen LogP contribution in [0.25, 0.3) is 0 Å². The number of nitrogens with zero attached hydrogens (tertiary/aromatic N) is 4. The number of urea groups is 1. The van der Waals surface area contributed by atoms with Crippen molar-refractivity contribution in [3.63, 3.8) is 0 Å². The van der Waals surface area contributed by atoms with E-state index in [1.807, 2.05) is 21.8 Å². The van der Waals surface area contributed by atoms with Crippen LogP contribution >= 0.6 is 0 Å². The van der Waals surface area contributed by atoms with Gasteiger partial charge in [0, 0.05) is 58.6 Å². The van der Waals surface area contributed by atoms with Crippen molar-refractivity contribution in [2.75, 3.05) is 39.3 Å². The van der Waals surface area contributed by atoms with Crippen LogP contribution in [0.4, 0.5) is 4.79 Å². The molecule has 8 nitrogen and oxygen atoms in total. The van der Waals surface area contributed by atoms with Crippen LogP contribution in [0.1, 0.15) is 26.2 Å². The average Bonchev–Trinajstić information content (AvgIpc) is 3.19. The summed E-state index contributed by atoms with van der Waals surface area (Å²) in [4.78, 5) is 27.5. The highest BCUT2D eigenvalue weighted by Crippen LogP contribution is 2.21. The first-order valence-corrected chi connectivity index (χ1v) is 9.49. The summed E-state index contributed by atoms with van der Waals surface area (Å²) in [6.07, 6.45) is 6.85. The summed E-state index contributed by atoms with van der Waals surface area (Å²) in [5, 5.41) is 7.20. The molecule has 1 N–H and O–H groups in total. The maximum atomic E-state index is 12.4. The molecular weight excluding hydrogens is 334 g/mol. The van der Waals surface area contributed by atoms with Gasteiger partial charge in [0.25, 0.3) is 0 Å². The van der Waals surface area contributed by atoms with Crippen LogP contribution in [0.15, 0.2) is 18.5 Å². The Morgan fingerprint density at radius 3 is 2.73 bits per heavy atom. The molecule has 2 saturated heterocycles. The Kier molecular flexibility index (Phi) is 6.49. The van der Waals surface area contributed by atoms with Crippen LogP contribution in [0.5, 0.6) is 0 Å². The van der Waals surface area contributed by atoms with Crippen molar-refractivity contribution in [3.8, 4) is 0 Å². The zero-order valence-corrected chi connectivity index (χ0v) is 15.5. The minimum Gasteiger partial charge on any atom is -0.373 e. The average molecular weight is 363 g/mol. The smallest absolute Gasteiger partial charge is 0.317 e. The molecule has 0 aromatic carbocycles. The normalized spacial score (nSPS) is 21.7. The Balaban J connectivity index is 1.34. The van der Waals surface area contributed by atoms with E-state index in [9.17, 15) is 9.59 Å². The van der Waals surface area contributed by atoms with Gasteiger partial charge in [0.15, 0.2) is 0 Å². The van der Waals surface area contributed by atoms with E-state index in [1.54, 1.807) is 18.0 Å². The largest absolute Gasteiger partial charge is 0.373 e. The number of carbonyl (C=O) groups is 2. The number of morpholine rings is 1. The van der Waals surface area contributed by atoms with Gasteiger partial charge in [0.2, 0.25) is 5.91 Å². The highest BCUT2D eigenvalue weighted by atomic mass is 16.5. The summed E-state index contributed by atoms with van der Waals surface area (Å²) in [6.45, 7) is 6.24. The molecule has 0 aliphatic carbocycles. The predicted octanol–water partition coefficient (Wildman–Crippen LogP) is 0.942. The van der Waals surface area contributed by atoms with Crippen LogP contribution in [-0.2, 0) is 16.1 Å². The fourth-order valence-electron chi connectivity index (χ4n) is 3.61. The van der Waals surface area contributed by atoms with Gasteiger partial charge >= 0.3 is 6.03 Å². The quantitative estimate of drug-likeness (QED) is 0.844. The molecule has 8 heteroatoms. The fourth-order valence-corrected chi connectivity index (χ4v) is 3.61. The van der Waals surface area contributed by atoms with Crippen molar-refractivity contribution >= 4 is 11.9 Å². The molecule has 3 rings (SSSR count). The Hall–Kier alpha value is -2.09. The zero-order chi connectivity index (χ0) is 18.4. The molecule has 1 unspecified atom stereocenters. The highest BCUT2D eigenvalue weighted by Gasteiger charge is 2.25. The van der Waals surface area contributed by atoms with E-state index in [2.05, 4.69) is 10.4 Å². The molecule has 2 fully saturated rings. The van der Waals surface area contributed by atoms with Crippen molar-refractivity contribution in [1.82, 2.24) is 24.9 Å². The lowest BCUT2D eigenvalue weighted by Gasteiger charge is -2.34. The summed E-state index contributed by atoms with van der Waals surface area (Å²) in [6, 6.07) is 1.91. The Morgan fingerprint density at radius 2 is 2.04 bits per heavy atom. The van der Waals surface area contributed by atoms with Crippen LogP contribution in [0.2, 0.25) is 0 Å². The topological polar surface area (TPSA) is 79.7 Å². The Bertz CT molecular complexity index is 584. The SMILES string of the molecule is CC(=O)N1CCOC(CNC(=O)N2CCC(CCn3cccn3)CC2)C1. The van der Waals surface area contributed by atoms with Gasteiger partial charge in [-0.25, -0.2) is 4.79 Å². The molecule has 1 atom stereocenters. The van der Waals surface area contributed by atoms with E-state index in [-0.39, 0.29) is 18.0 Å². The second-order valence-corrected chi connectivity index (χ2v) is 7.13. The maximum absolute atomic E-state index is 12.4. The second kappa shape index (κ2) is 9.02. The first kappa shape index (κ1) is 18.7. The van der Waals surface area contributed by atoms with Gasteiger partial charge in [-0.05, 0) is 31.2 Å². The van der Waals surface area contributed by atoms with Gasteiger partial charge in [-0.1, -0.05) is 0 Å². The number of ether oxygens (including phenoxy) is 1. The van der Waals surface area contributed by atoms with Crippen molar-refractivity contribution in [3.05, 3.63) is 18.5 Å². The molecule has 0 saturated carbocycles. The van der Waals surface area contributed by atoms with Gasteiger partial charge in [-0.3, -0.25) is 9.48 Å². The molecule has 26 heavy (non-hydrogen) atoms. The Morgan fingerprint density at radius 1 is 1.23 bits per heavy atom. The second-order valence-electron chi connectivity index (χ2n) is 7.13. The number of hydrogen-bond acceptors (Lipinski definition) is 4. The van der Waals surface area contributed by atoms with Gasteiger partial charge in [0.1, 0.15) is 0 Å². The lowest BCUT2D eigenvalue weighted by atomic mass is 9.94. The van der Waals surface area contributed by atoms with Gasteiger partial charge in [-0.2, -0.15) is 5.10 Å². The Labute approximate surface area is 154 Å². The van der Waals surface area contributed by atoms with Gasteiger partial charge in [0.05, 0.1) is 12.7 Å². The summed E-state index contributed by atoms with van der Waals surface area (Å²) in [5.74, 6) is 0.705. The van der Waals surface area contributed by atoms with Crippen LogP contribution in [0.3, 0.4) is 0 Å². The third kappa shape index (κ3) is 5.20. The minimum absolute atomic E-state index is 0.0286. The molecule has 1 aromatic heterocycles. The molecule has 1 aromatic rings. The lowest BCUT2D eigenvalue weighted by Crippen LogP contribution is -2.51. The van der Waals surface area contributed by atoms with Crippen molar-refractivity contribution in [1.29, 1.82) is 0 Å². The molecule has 0 bridgehead atoms. The summed E-state index contributed by atoms with van der Waals surface area (Å²) in [7, 11) is 0. The summed E-state index contributed by atoms with van der Waals surface area (Å²) >= 11 is 0. The first-order valence-electron chi connectivity index (χ1n) is 9.49. The van der Waals surface area contributed by atoms with Crippen LogP contribution in [-0.4, -0.2) is 77.0 Å². The minimum atomic E-state index is -0.122. The third-order valence-corrected chi connectivity index (χ3v) is 5.29. The molecule has 3 heterocycles. The first-order chi connectivity index (χ1) is 12.6. The highest BCUT2D eigenvalue weighted by molar-refractivity contribution is 5.74. The molecule has 3 amide bonds. The van der Waals surface area contributed by atoms with Gasteiger partial charge in [-0.15, -0.1) is 0 Å². The maximum Gasteiger partial charge on any atom is 0.317 e. The standard InChI is InChI=1S/C18H29N5O3/c1-15(24)22-11-12-26-17(14-22)13-19-18(25)21-8-3-16(4-9-21)5-10-23-7-2-6-20-23/h2,6-7,16-17H,3-5,8-14H2,1H3,(H,19,25). The molecule has 2 aliphatic rings. The number of nitrogens with one attached hydrogen (secondary N) is 1. The number of aryl methyl sites for hydroxylation is 1. The lowest BCUT2D eigenvalue weighted by molar-refractivity contribution is -0.136.